The Balaban J connectivity index is 1.39. The number of amides is 4. The van der Waals surface area contributed by atoms with Crippen molar-refractivity contribution in [2.45, 2.75) is 18.6 Å². The summed E-state index contributed by atoms with van der Waals surface area (Å²) < 4.78 is 37.9. The van der Waals surface area contributed by atoms with Crippen LogP contribution in [0.5, 0.6) is 0 Å². The highest BCUT2D eigenvalue weighted by Gasteiger charge is 2.39. The molecule has 1 saturated heterocycles. The monoisotopic (exact) mass is 430 g/mol. The Kier molecular flexibility index (Phi) is 5.14. The topological polar surface area (TPSA) is 94.3 Å². The number of rotatable bonds is 5. The van der Waals surface area contributed by atoms with E-state index in [1.807, 2.05) is 24.3 Å². The number of carbonyl (C=O) groups is 3. The molecule has 7 nitrogen and oxygen atoms in total. The quantitative estimate of drug-likeness (QED) is 0.542. The highest BCUT2D eigenvalue weighted by molar-refractivity contribution is 6.08. The number of fused-ring (bicyclic) bond motifs is 1. The molecule has 1 atom stereocenters. The first-order valence-electron chi connectivity index (χ1n) is 9.36. The number of imide groups is 1. The first kappa shape index (κ1) is 20.5. The zero-order chi connectivity index (χ0) is 22.2. The Hall–Kier alpha value is -3.82. The standard InChI is InChI=1S/C21H17F3N4O3/c22-21(23,24)13-5-7-14(8-6-13)26-18(29)11-28-19(30)17(27-20(28)31)9-12-10-25-16-4-2-1-3-15(12)16/h1-8,10,17,25H,9,11H2,(H,26,29)(H,27,31). The van der Waals surface area contributed by atoms with E-state index in [1.54, 1.807) is 6.20 Å². The summed E-state index contributed by atoms with van der Waals surface area (Å²) in [5, 5.41) is 5.89. The minimum atomic E-state index is -4.48. The zero-order valence-corrected chi connectivity index (χ0v) is 16.0. The number of anilines is 1. The predicted molar refractivity (Wildman–Crippen MR) is 106 cm³/mol. The van der Waals surface area contributed by atoms with Gasteiger partial charge < -0.3 is 15.6 Å². The van der Waals surface area contributed by atoms with Gasteiger partial charge in [-0.1, -0.05) is 18.2 Å². The number of aromatic nitrogens is 1. The summed E-state index contributed by atoms with van der Waals surface area (Å²) in [7, 11) is 0. The number of H-pyrrole nitrogens is 1. The first-order chi connectivity index (χ1) is 14.7. The summed E-state index contributed by atoms with van der Waals surface area (Å²) in [5.74, 6) is -1.24. The van der Waals surface area contributed by atoms with Crippen LogP contribution in [-0.4, -0.2) is 40.3 Å². The second-order valence-electron chi connectivity index (χ2n) is 7.11. The normalized spacial score (nSPS) is 16.6. The summed E-state index contributed by atoms with van der Waals surface area (Å²) in [6, 6.07) is 9.90. The van der Waals surface area contributed by atoms with Crippen molar-refractivity contribution in [3.05, 3.63) is 65.9 Å². The molecule has 4 rings (SSSR count). The molecule has 2 heterocycles. The number of benzene rings is 2. The number of hydrogen-bond donors (Lipinski definition) is 3. The molecule has 2 aromatic carbocycles. The molecule has 0 bridgehead atoms. The van der Waals surface area contributed by atoms with Crippen molar-refractivity contribution in [2.24, 2.45) is 0 Å². The lowest BCUT2D eigenvalue weighted by molar-refractivity contribution is -0.137. The van der Waals surface area contributed by atoms with Gasteiger partial charge in [-0.2, -0.15) is 13.2 Å². The molecule has 0 aliphatic carbocycles. The van der Waals surface area contributed by atoms with E-state index in [-0.39, 0.29) is 12.1 Å². The van der Waals surface area contributed by atoms with Crippen LogP contribution < -0.4 is 10.6 Å². The Morgan fingerprint density at radius 3 is 2.48 bits per heavy atom. The molecule has 31 heavy (non-hydrogen) atoms. The molecule has 0 radical (unpaired) electrons. The van der Waals surface area contributed by atoms with Crippen molar-refractivity contribution in [3.63, 3.8) is 0 Å². The molecule has 10 heteroatoms. The van der Waals surface area contributed by atoms with Crippen LogP contribution in [0.3, 0.4) is 0 Å². The minimum absolute atomic E-state index is 0.125. The van der Waals surface area contributed by atoms with Gasteiger partial charge in [0.25, 0.3) is 5.91 Å². The number of halogens is 3. The maximum Gasteiger partial charge on any atom is 0.416 e. The van der Waals surface area contributed by atoms with Gasteiger partial charge in [0.2, 0.25) is 5.91 Å². The fourth-order valence-corrected chi connectivity index (χ4v) is 3.47. The largest absolute Gasteiger partial charge is 0.416 e. The molecule has 0 saturated carbocycles. The fourth-order valence-electron chi connectivity index (χ4n) is 3.47. The number of hydrogen-bond acceptors (Lipinski definition) is 3. The summed E-state index contributed by atoms with van der Waals surface area (Å²) >= 11 is 0. The number of carbonyl (C=O) groups excluding carboxylic acids is 3. The maximum atomic E-state index is 12.6. The summed E-state index contributed by atoms with van der Waals surface area (Å²) in [6.07, 6.45) is -2.46. The van der Waals surface area contributed by atoms with Crippen LogP contribution in [0, 0.1) is 0 Å². The number of aromatic amines is 1. The number of nitrogens with zero attached hydrogens (tertiary/aromatic N) is 1. The van der Waals surface area contributed by atoms with Crippen LogP contribution in [0.1, 0.15) is 11.1 Å². The van der Waals surface area contributed by atoms with E-state index >= 15 is 0 Å². The molecule has 3 aromatic rings. The van der Waals surface area contributed by atoms with Crippen LogP contribution in [-0.2, 0) is 22.2 Å². The van der Waals surface area contributed by atoms with E-state index < -0.39 is 42.2 Å². The van der Waals surface area contributed by atoms with Crippen molar-refractivity contribution < 1.29 is 27.6 Å². The smallest absolute Gasteiger partial charge is 0.361 e. The molecule has 0 spiro atoms. The van der Waals surface area contributed by atoms with Gasteiger partial charge in [0.05, 0.1) is 5.56 Å². The second-order valence-corrected chi connectivity index (χ2v) is 7.11. The molecule has 1 aromatic heterocycles. The van der Waals surface area contributed by atoms with Gasteiger partial charge in [0.1, 0.15) is 12.6 Å². The zero-order valence-electron chi connectivity index (χ0n) is 16.0. The molecular formula is C21H17F3N4O3. The molecule has 1 aliphatic heterocycles. The molecule has 1 fully saturated rings. The van der Waals surface area contributed by atoms with Gasteiger partial charge >= 0.3 is 12.2 Å². The van der Waals surface area contributed by atoms with Crippen LogP contribution in [0.2, 0.25) is 0 Å². The van der Waals surface area contributed by atoms with Gasteiger partial charge in [-0.25, -0.2) is 4.79 Å². The minimum Gasteiger partial charge on any atom is -0.361 e. The first-order valence-corrected chi connectivity index (χ1v) is 9.36. The van der Waals surface area contributed by atoms with Crippen molar-refractivity contribution in [1.82, 2.24) is 15.2 Å². The van der Waals surface area contributed by atoms with E-state index in [1.165, 1.54) is 0 Å². The van der Waals surface area contributed by atoms with Crippen LogP contribution in [0.25, 0.3) is 10.9 Å². The Morgan fingerprint density at radius 1 is 1.06 bits per heavy atom. The number of para-hydroxylation sites is 1. The van der Waals surface area contributed by atoms with Crippen molar-refractivity contribution in [1.29, 1.82) is 0 Å². The average Bonchev–Trinajstić information content (AvgIpc) is 3.24. The summed E-state index contributed by atoms with van der Waals surface area (Å²) in [6.45, 7) is -0.546. The lowest BCUT2D eigenvalue weighted by Crippen LogP contribution is -2.38. The van der Waals surface area contributed by atoms with Crippen molar-refractivity contribution in [3.8, 4) is 0 Å². The van der Waals surface area contributed by atoms with Gasteiger partial charge in [-0.05, 0) is 35.9 Å². The number of urea groups is 1. The predicted octanol–water partition coefficient (Wildman–Crippen LogP) is 3.29. The summed E-state index contributed by atoms with van der Waals surface area (Å²) in [4.78, 5) is 41.0. The third-order valence-corrected chi connectivity index (χ3v) is 5.00. The van der Waals surface area contributed by atoms with Crippen molar-refractivity contribution >= 4 is 34.4 Å². The second kappa shape index (κ2) is 7.78. The van der Waals surface area contributed by atoms with E-state index in [2.05, 4.69) is 15.6 Å². The number of nitrogens with one attached hydrogen (secondary N) is 3. The van der Waals surface area contributed by atoms with E-state index in [0.29, 0.717) is 0 Å². The van der Waals surface area contributed by atoms with Gasteiger partial charge in [0, 0.05) is 29.2 Å². The van der Waals surface area contributed by atoms with Crippen LogP contribution in [0.15, 0.2) is 54.7 Å². The maximum absolute atomic E-state index is 12.6. The molecule has 160 valence electrons. The fraction of sp³-hybridized carbons (Fsp3) is 0.190. The third-order valence-electron chi connectivity index (χ3n) is 5.00. The number of alkyl halides is 3. The third kappa shape index (κ3) is 4.23. The molecule has 4 amide bonds. The molecular weight excluding hydrogens is 413 g/mol. The Morgan fingerprint density at radius 2 is 1.77 bits per heavy atom. The van der Waals surface area contributed by atoms with Gasteiger partial charge in [-0.15, -0.1) is 0 Å². The molecule has 1 aliphatic rings. The van der Waals surface area contributed by atoms with Gasteiger partial charge in [0.15, 0.2) is 0 Å². The van der Waals surface area contributed by atoms with E-state index in [9.17, 15) is 27.6 Å². The molecule has 3 N–H and O–H groups in total. The highest BCUT2D eigenvalue weighted by Crippen LogP contribution is 2.29. The van der Waals surface area contributed by atoms with E-state index in [0.717, 1.165) is 45.6 Å². The lowest BCUT2D eigenvalue weighted by atomic mass is 10.1. The Bertz CT molecular complexity index is 1150. The lowest BCUT2D eigenvalue weighted by Gasteiger charge is -2.13. The van der Waals surface area contributed by atoms with Gasteiger partial charge in [-0.3, -0.25) is 14.5 Å². The van der Waals surface area contributed by atoms with Crippen molar-refractivity contribution in [2.75, 3.05) is 11.9 Å². The SMILES string of the molecule is O=C(CN1C(=O)NC(Cc2c[nH]c3ccccc23)C1=O)Nc1ccc(C(F)(F)F)cc1. The Labute approximate surface area is 174 Å². The van der Waals surface area contributed by atoms with Crippen LogP contribution >= 0.6 is 0 Å². The average molecular weight is 430 g/mol. The molecule has 1 unspecified atom stereocenters. The van der Waals surface area contributed by atoms with Crippen LogP contribution in [0.4, 0.5) is 23.7 Å². The highest BCUT2D eigenvalue weighted by atomic mass is 19.4. The summed E-state index contributed by atoms with van der Waals surface area (Å²) in [5.41, 5.74) is 1.03. The van der Waals surface area contributed by atoms with E-state index in [4.69, 9.17) is 0 Å².